The number of hydrogen-bond donors (Lipinski definition) is 1. The summed E-state index contributed by atoms with van der Waals surface area (Å²) in [6, 6.07) is 3.32. The molecule has 106 valence electrons. The molecule has 0 radical (unpaired) electrons. The van der Waals surface area contributed by atoms with Crippen molar-refractivity contribution in [1.29, 1.82) is 0 Å². The number of hydrogen-bond acceptors (Lipinski definition) is 5. The van der Waals surface area contributed by atoms with Crippen molar-refractivity contribution in [2.24, 2.45) is 5.73 Å². The number of ketones is 1. The third-order valence-corrected chi connectivity index (χ3v) is 2.86. The van der Waals surface area contributed by atoms with Gasteiger partial charge in [0.05, 0.1) is 26.9 Å². The Morgan fingerprint density at radius 3 is 2.11 bits per heavy atom. The van der Waals surface area contributed by atoms with Crippen LogP contribution in [0.4, 0.5) is 0 Å². The second kappa shape index (κ2) is 7.63. The van der Waals surface area contributed by atoms with Gasteiger partial charge >= 0.3 is 0 Å². The molecule has 5 heteroatoms. The van der Waals surface area contributed by atoms with E-state index >= 15 is 0 Å². The molecule has 0 fully saturated rings. The summed E-state index contributed by atoms with van der Waals surface area (Å²) in [5.41, 5.74) is 5.93. The lowest BCUT2D eigenvalue weighted by molar-refractivity contribution is 0.0976. The van der Waals surface area contributed by atoms with E-state index in [1.165, 1.54) is 14.2 Å². The Labute approximate surface area is 113 Å². The maximum atomic E-state index is 12.1. The number of ether oxygens (including phenoxy) is 3. The highest BCUT2D eigenvalue weighted by atomic mass is 16.5. The maximum absolute atomic E-state index is 12.1. The molecule has 0 heterocycles. The zero-order chi connectivity index (χ0) is 14.3. The second-order valence-corrected chi connectivity index (χ2v) is 4.08. The van der Waals surface area contributed by atoms with E-state index in [0.29, 0.717) is 35.8 Å². The largest absolute Gasteiger partial charge is 0.496 e. The normalized spacial score (nSPS) is 10.1. The van der Waals surface area contributed by atoms with Crippen LogP contribution in [-0.2, 0) is 0 Å². The number of carbonyl (C=O) groups is 1. The molecule has 0 aliphatic carbocycles. The van der Waals surface area contributed by atoms with Crippen LogP contribution in [0.15, 0.2) is 12.1 Å². The molecular weight excluding hydrogens is 246 g/mol. The molecule has 0 saturated carbocycles. The van der Waals surface area contributed by atoms with Crippen LogP contribution in [0.25, 0.3) is 0 Å². The van der Waals surface area contributed by atoms with Crippen LogP contribution in [0.2, 0.25) is 0 Å². The van der Waals surface area contributed by atoms with Crippen molar-refractivity contribution in [3.05, 3.63) is 17.7 Å². The van der Waals surface area contributed by atoms with Gasteiger partial charge in [0.25, 0.3) is 0 Å². The zero-order valence-electron chi connectivity index (χ0n) is 11.7. The number of rotatable bonds is 8. The molecule has 19 heavy (non-hydrogen) atoms. The zero-order valence-corrected chi connectivity index (χ0v) is 11.7. The van der Waals surface area contributed by atoms with Crippen LogP contribution in [0, 0.1) is 0 Å². The minimum absolute atomic E-state index is 0.0197. The molecule has 1 rings (SSSR count). The van der Waals surface area contributed by atoms with Gasteiger partial charge in [0, 0.05) is 12.5 Å². The summed E-state index contributed by atoms with van der Waals surface area (Å²) >= 11 is 0. The number of unbranched alkanes of at least 4 members (excludes halogenated alkanes) is 1. The highest BCUT2D eigenvalue weighted by Gasteiger charge is 2.17. The Bertz CT molecular complexity index is 432. The molecule has 1 aromatic rings. The van der Waals surface area contributed by atoms with Crippen LogP contribution in [0.5, 0.6) is 17.2 Å². The Morgan fingerprint density at radius 1 is 1.00 bits per heavy atom. The van der Waals surface area contributed by atoms with Crippen molar-refractivity contribution in [2.45, 2.75) is 19.3 Å². The van der Waals surface area contributed by atoms with Gasteiger partial charge in [-0.3, -0.25) is 4.79 Å². The van der Waals surface area contributed by atoms with Crippen molar-refractivity contribution in [2.75, 3.05) is 27.9 Å². The van der Waals surface area contributed by atoms with Gasteiger partial charge in [0.1, 0.15) is 5.75 Å². The van der Waals surface area contributed by atoms with E-state index in [4.69, 9.17) is 19.9 Å². The van der Waals surface area contributed by atoms with E-state index in [1.54, 1.807) is 19.2 Å². The quantitative estimate of drug-likeness (QED) is 0.576. The van der Waals surface area contributed by atoms with E-state index in [1.807, 2.05) is 0 Å². The summed E-state index contributed by atoms with van der Waals surface area (Å²) in [6.07, 6.45) is 2.05. The fourth-order valence-electron chi connectivity index (χ4n) is 1.81. The standard InChI is InChI=1S/C14H21NO4/c1-17-12-9-14(19-3)13(18-2)8-10(12)11(16)6-4-5-7-15/h8-9H,4-7,15H2,1-3H3. The molecule has 5 nitrogen and oxygen atoms in total. The van der Waals surface area contributed by atoms with E-state index in [9.17, 15) is 4.79 Å². The monoisotopic (exact) mass is 267 g/mol. The average Bonchev–Trinajstić information content (AvgIpc) is 2.45. The minimum atomic E-state index is 0.0197. The van der Waals surface area contributed by atoms with E-state index in [0.717, 1.165) is 12.8 Å². The fraction of sp³-hybridized carbons (Fsp3) is 0.500. The highest BCUT2D eigenvalue weighted by molar-refractivity contribution is 5.99. The summed E-state index contributed by atoms with van der Waals surface area (Å²) in [6.45, 7) is 0.594. The molecule has 0 aliphatic rings. The lowest BCUT2D eigenvalue weighted by Crippen LogP contribution is -2.05. The number of Topliss-reactive ketones (excluding diaryl/α,β-unsaturated/α-hetero) is 1. The van der Waals surface area contributed by atoms with Crippen LogP contribution in [0.1, 0.15) is 29.6 Å². The maximum Gasteiger partial charge on any atom is 0.166 e. The van der Waals surface area contributed by atoms with Gasteiger partial charge in [-0.25, -0.2) is 0 Å². The summed E-state index contributed by atoms with van der Waals surface area (Å²) in [5, 5.41) is 0. The molecule has 0 aromatic heterocycles. The third kappa shape index (κ3) is 3.86. The molecule has 0 amide bonds. The van der Waals surface area contributed by atoms with E-state index in [-0.39, 0.29) is 5.78 Å². The Hall–Kier alpha value is -1.75. The first kappa shape index (κ1) is 15.3. The molecule has 0 bridgehead atoms. The lowest BCUT2D eigenvalue weighted by atomic mass is 10.0. The molecule has 0 saturated heterocycles. The molecule has 0 atom stereocenters. The first-order valence-corrected chi connectivity index (χ1v) is 6.21. The summed E-state index contributed by atoms with van der Waals surface area (Å²) < 4.78 is 15.6. The number of methoxy groups -OCH3 is 3. The van der Waals surface area contributed by atoms with E-state index in [2.05, 4.69) is 0 Å². The summed E-state index contributed by atoms with van der Waals surface area (Å²) in [7, 11) is 4.60. The third-order valence-electron chi connectivity index (χ3n) is 2.86. The first-order chi connectivity index (χ1) is 9.17. The predicted molar refractivity (Wildman–Crippen MR) is 73.3 cm³/mol. The molecule has 2 N–H and O–H groups in total. The van der Waals surface area contributed by atoms with Crippen LogP contribution in [-0.4, -0.2) is 33.7 Å². The van der Waals surface area contributed by atoms with Crippen LogP contribution in [0.3, 0.4) is 0 Å². The SMILES string of the molecule is COc1cc(OC)c(C(=O)CCCCN)cc1OC. The fourth-order valence-corrected chi connectivity index (χ4v) is 1.81. The average molecular weight is 267 g/mol. The molecule has 0 spiro atoms. The van der Waals surface area contributed by atoms with Crippen molar-refractivity contribution in [3.63, 3.8) is 0 Å². The van der Waals surface area contributed by atoms with Gasteiger partial charge in [0.2, 0.25) is 0 Å². The van der Waals surface area contributed by atoms with Crippen LogP contribution < -0.4 is 19.9 Å². The topological polar surface area (TPSA) is 70.8 Å². The number of carbonyl (C=O) groups excluding carboxylic acids is 1. The molecule has 1 aromatic carbocycles. The molecule has 0 unspecified atom stereocenters. The molecule has 0 aliphatic heterocycles. The number of benzene rings is 1. The summed E-state index contributed by atoms with van der Waals surface area (Å²) in [5.74, 6) is 1.57. The van der Waals surface area contributed by atoms with Gasteiger partial charge in [-0.2, -0.15) is 0 Å². The van der Waals surface area contributed by atoms with Crippen LogP contribution >= 0.6 is 0 Å². The van der Waals surface area contributed by atoms with Crippen molar-refractivity contribution in [1.82, 2.24) is 0 Å². The van der Waals surface area contributed by atoms with Gasteiger partial charge in [-0.1, -0.05) is 0 Å². The number of nitrogens with two attached hydrogens (primary N) is 1. The minimum Gasteiger partial charge on any atom is -0.496 e. The molecular formula is C14H21NO4. The second-order valence-electron chi connectivity index (χ2n) is 4.08. The van der Waals surface area contributed by atoms with Crippen molar-refractivity contribution in [3.8, 4) is 17.2 Å². The summed E-state index contributed by atoms with van der Waals surface area (Å²) in [4.78, 5) is 12.1. The Morgan fingerprint density at radius 2 is 1.58 bits per heavy atom. The van der Waals surface area contributed by atoms with Gasteiger partial charge in [-0.05, 0) is 25.5 Å². The van der Waals surface area contributed by atoms with E-state index < -0.39 is 0 Å². The predicted octanol–water partition coefficient (Wildman–Crippen LogP) is 2.02. The lowest BCUT2D eigenvalue weighted by Gasteiger charge is -2.13. The van der Waals surface area contributed by atoms with Crippen molar-refractivity contribution >= 4 is 5.78 Å². The first-order valence-electron chi connectivity index (χ1n) is 6.21. The van der Waals surface area contributed by atoms with Crippen molar-refractivity contribution < 1.29 is 19.0 Å². The smallest absolute Gasteiger partial charge is 0.166 e. The Balaban J connectivity index is 3.00. The Kier molecular flexibility index (Phi) is 6.15. The van der Waals surface area contributed by atoms with Gasteiger partial charge in [0.15, 0.2) is 17.3 Å². The highest BCUT2D eigenvalue weighted by Crippen LogP contribution is 2.35. The van der Waals surface area contributed by atoms with Gasteiger partial charge in [-0.15, -0.1) is 0 Å². The van der Waals surface area contributed by atoms with Gasteiger partial charge < -0.3 is 19.9 Å².